The Morgan fingerprint density at radius 2 is 1.17 bits per heavy atom. The summed E-state index contributed by atoms with van der Waals surface area (Å²) < 4.78 is 0. The van der Waals surface area contributed by atoms with Crippen LogP contribution in [-0.2, 0) is 19.4 Å². The van der Waals surface area contributed by atoms with E-state index in [4.69, 9.17) is 0 Å². The monoisotopic (exact) mass is 170 g/mol. The Hall–Kier alpha value is -1.58. The molecule has 12 heavy (non-hydrogen) atoms. The van der Waals surface area contributed by atoms with E-state index >= 15 is 0 Å². The van der Waals surface area contributed by atoms with E-state index in [9.17, 15) is 9.59 Å². The summed E-state index contributed by atoms with van der Waals surface area (Å²) in [5.41, 5.74) is 0.314. The smallest absolute Gasteiger partial charge is 0.242 e. The van der Waals surface area contributed by atoms with Gasteiger partial charge in [-0.2, -0.15) is 0 Å². The Balaban J connectivity index is 3.85. The van der Waals surface area contributed by atoms with Crippen LogP contribution in [0.15, 0.2) is 24.3 Å². The molecule has 0 radical (unpaired) electrons. The highest BCUT2D eigenvalue weighted by Gasteiger charge is 2.09. The number of hydrogen-bond donors (Lipinski definition) is 0. The first-order valence-corrected chi connectivity index (χ1v) is 3.19. The molecule has 0 amide bonds. The van der Waals surface area contributed by atoms with Gasteiger partial charge >= 0.3 is 11.9 Å². The Bertz CT molecular complexity index is 213. The van der Waals surface area contributed by atoms with Crippen LogP contribution < -0.4 is 0 Å². The molecule has 0 aliphatic carbocycles. The first-order valence-electron chi connectivity index (χ1n) is 3.19. The zero-order valence-electron chi connectivity index (χ0n) is 7.05. The third kappa shape index (κ3) is 3.55. The number of hydrogen-bond acceptors (Lipinski definition) is 4. The molecule has 0 aromatic carbocycles. The highest BCUT2D eigenvalue weighted by atomic mass is 17.2. The maximum Gasteiger partial charge on any atom is 0.381 e. The highest BCUT2D eigenvalue weighted by molar-refractivity contribution is 5.89. The van der Waals surface area contributed by atoms with E-state index in [1.807, 2.05) is 0 Å². The van der Waals surface area contributed by atoms with Gasteiger partial charge in [-0.05, 0) is 13.8 Å². The Morgan fingerprint density at radius 3 is 1.33 bits per heavy atom. The first-order chi connectivity index (χ1) is 5.45. The molecule has 0 bridgehead atoms. The Labute approximate surface area is 70.4 Å². The second-order valence-electron chi connectivity index (χ2n) is 2.30. The van der Waals surface area contributed by atoms with Crippen LogP contribution >= 0.6 is 0 Å². The van der Waals surface area contributed by atoms with E-state index in [2.05, 4.69) is 22.9 Å². The zero-order valence-corrected chi connectivity index (χ0v) is 7.05. The van der Waals surface area contributed by atoms with E-state index in [0.29, 0.717) is 0 Å². The molecule has 0 aliphatic rings. The Morgan fingerprint density at radius 1 is 0.917 bits per heavy atom. The molecule has 4 heteroatoms. The van der Waals surface area contributed by atoms with Crippen molar-refractivity contribution in [2.45, 2.75) is 13.8 Å². The van der Waals surface area contributed by atoms with E-state index < -0.39 is 11.9 Å². The van der Waals surface area contributed by atoms with Gasteiger partial charge in [-0.3, -0.25) is 0 Å². The van der Waals surface area contributed by atoms with Crippen molar-refractivity contribution in [2.75, 3.05) is 0 Å². The van der Waals surface area contributed by atoms with Gasteiger partial charge in [0.25, 0.3) is 0 Å². The minimum Gasteiger partial charge on any atom is -0.242 e. The summed E-state index contributed by atoms with van der Waals surface area (Å²) in [4.78, 5) is 29.4. The summed E-state index contributed by atoms with van der Waals surface area (Å²) in [6.45, 7) is 9.46. The second kappa shape index (κ2) is 4.33. The summed E-state index contributed by atoms with van der Waals surface area (Å²) in [5.74, 6) is -1.55. The maximum atomic E-state index is 10.6. The highest BCUT2D eigenvalue weighted by Crippen LogP contribution is 1.97. The lowest BCUT2D eigenvalue weighted by molar-refractivity contribution is -0.252. The van der Waals surface area contributed by atoms with Gasteiger partial charge in [-0.25, -0.2) is 19.4 Å². The lowest BCUT2D eigenvalue weighted by atomic mass is 10.4. The fourth-order valence-electron chi connectivity index (χ4n) is 0.218. The third-order valence-electron chi connectivity index (χ3n) is 0.890. The van der Waals surface area contributed by atoms with Gasteiger partial charge < -0.3 is 0 Å². The van der Waals surface area contributed by atoms with Crippen molar-refractivity contribution in [1.82, 2.24) is 0 Å². The first kappa shape index (κ1) is 10.4. The van der Waals surface area contributed by atoms with Gasteiger partial charge in [-0.15, -0.1) is 0 Å². The van der Waals surface area contributed by atoms with Gasteiger partial charge in [0.15, 0.2) is 0 Å². The van der Waals surface area contributed by atoms with Gasteiger partial charge in [-0.1, -0.05) is 13.2 Å². The standard InChI is InChI=1S/C8H10O4/c1-5(2)7(9)11-12-8(10)6(3)4/h1,3H2,2,4H3. The lowest BCUT2D eigenvalue weighted by Gasteiger charge is -2.00. The summed E-state index contributed by atoms with van der Waals surface area (Å²) in [7, 11) is 0. The van der Waals surface area contributed by atoms with Gasteiger partial charge in [0.2, 0.25) is 0 Å². The predicted molar refractivity (Wildman–Crippen MR) is 41.8 cm³/mol. The van der Waals surface area contributed by atoms with Crippen molar-refractivity contribution >= 4 is 11.9 Å². The molecule has 0 rings (SSSR count). The summed E-state index contributed by atoms with van der Waals surface area (Å²) in [6, 6.07) is 0. The molecule has 66 valence electrons. The summed E-state index contributed by atoms with van der Waals surface area (Å²) in [5, 5.41) is 0. The van der Waals surface area contributed by atoms with Crippen molar-refractivity contribution in [3.63, 3.8) is 0 Å². The molecule has 0 aliphatic heterocycles. The zero-order chi connectivity index (χ0) is 9.72. The van der Waals surface area contributed by atoms with Crippen molar-refractivity contribution in [1.29, 1.82) is 0 Å². The molecule has 0 saturated carbocycles. The van der Waals surface area contributed by atoms with E-state index in [0.717, 1.165) is 0 Å². The van der Waals surface area contributed by atoms with Crippen LogP contribution in [0.4, 0.5) is 0 Å². The summed E-state index contributed by atoms with van der Waals surface area (Å²) >= 11 is 0. The molecule has 0 N–H and O–H groups in total. The quantitative estimate of drug-likeness (QED) is 0.354. The van der Waals surface area contributed by atoms with Crippen molar-refractivity contribution in [2.24, 2.45) is 0 Å². The molecule has 0 heterocycles. The van der Waals surface area contributed by atoms with Crippen LogP contribution in [0.3, 0.4) is 0 Å². The van der Waals surface area contributed by atoms with Crippen molar-refractivity contribution < 1.29 is 19.4 Å². The van der Waals surface area contributed by atoms with Crippen LogP contribution in [0, 0.1) is 0 Å². The molecule has 0 aromatic heterocycles. The largest absolute Gasteiger partial charge is 0.381 e. The fourth-order valence-corrected chi connectivity index (χ4v) is 0.218. The molecule has 0 atom stereocenters. The fraction of sp³-hybridized carbons (Fsp3) is 0.250. The third-order valence-corrected chi connectivity index (χ3v) is 0.890. The van der Waals surface area contributed by atoms with E-state index in [-0.39, 0.29) is 11.1 Å². The van der Waals surface area contributed by atoms with Gasteiger partial charge in [0.05, 0.1) is 0 Å². The second-order valence-corrected chi connectivity index (χ2v) is 2.30. The van der Waals surface area contributed by atoms with Gasteiger partial charge in [0.1, 0.15) is 0 Å². The van der Waals surface area contributed by atoms with Crippen LogP contribution in [0.25, 0.3) is 0 Å². The SMILES string of the molecule is C=C(C)C(=O)OOC(=O)C(=C)C. The van der Waals surface area contributed by atoms with Gasteiger partial charge in [0, 0.05) is 11.1 Å². The van der Waals surface area contributed by atoms with Crippen molar-refractivity contribution in [3.05, 3.63) is 24.3 Å². The number of carbonyl (C=O) groups is 2. The Kier molecular flexibility index (Phi) is 3.76. The molecule has 0 unspecified atom stereocenters. The van der Waals surface area contributed by atoms with Crippen LogP contribution in [0.1, 0.15) is 13.8 Å². The van der Waals surface area contributed by atoms with Crippen molar-refractivity contribution in [3.8, 4) is 0 Å². The number of rotatable bonds is 2. The average Bonchev–Trinajstić information content (AvgIpc) is 1.98. The topological polar surface area (TPSA) is 52.6 Å². The molecule has 0 saturated heterocycles. The lowest BCUT2D eigenvalue weighted by Crippen LogP contribution is -2.11. The van der Waals surface area contributed by atoms with E-state index in [1.165, 1.54) is 13.8 Å². The van der Waals surface area contributed by atoms with E-state index in [1.54, 1.807) is 0 Å². The molecular formula is C8H10O4. The normalized spacial score (nSPS) is 8.50. The molecule has 4 nitrogen and oxygen atoms in total. The minimum absolute atomic E-state index is 0.157. The molecule has 0 aromatic rings. The number of carbonyl (C=O) groups excluding carboxylic acids is 2. The molecular weight excluding hydrogens is 160 g/mol. The van der Waals surface area contributed by atoms with Crippen LogP contribution in [0.5, 0.6) is 0 Å². The maximum absolute atomic E-state index is 10.6. The predicted octanol–water partition coefficient (Wildman–Crippen LogP) is 1.14. The molecule has 0 fully saturated rings. The molecule has 0 spiro atoms. The van der Waals surface area contributed by atoms with Crippen LogP contribution in [0.2, 0.25) is 0 Å². The van der Waals surface area contributed by atoms with Crippen LogP contribution in [-0.4, -0.2) is 11.9 Å². The average molecular weight is 170 g/mol. The summed E-state index contributed by atoms with van der Waals surface area (Å²) in [6.07, 6.45) is 0. The minimum atomic E-state index is -0.774.